The highest BCUT2D eigenvalue weighted by Crippen LogP contribution is 2.40. The Labute approximate surface area is 444 Å². The second-order valence-corrected chi connectivity index (χ2v) is 18.1. The molecule has 0 bridgehead atoms. The molecule has 5 heterocycles. The fraction of sp³-hybridized carbons (Fsp3) is 0.0857. The number of fused-ring (bicyclic) bond motifs is 9. The maximum Gasteiger partial charge on any atom is 0.153 e. The minimum atomic E-state index is 0.799. The lowest BCUT2D eigenvalue weighted by Gasteiger charge is -2.13. The van der Waals surface area contributed by atoms with Gasteiger partial charge in [-0.15, -0.1) is 0 Å². The van der Waals surface area contributed by atoms with Crippen molar-refractivity contribution in [3.63, 3.8) is 0 Å². The van der Waals surface area contributed by atoms with Crippen LogP contribution in [-0.2, 0) is 4.74 Å². The van der Waals surface area contributed by atoms with Gasteiger partial charge in [-0.25, -0.2) is 4.98 Å². The summed E-state index contributed by atoms with van der Waals surface area (Å²) in [5, 5.41) is 5.87. The Bertz CT molecular complexity index is 4170. The van der Waals surface area contributed by atoms with Crippen molar-refractivity contribution < 1.29 is 9.15 Å². The molecule has 0 radical (unpaired) electrons. The van der Waals surface area contributed by atoms with Gasteiger partial charge in [-0.2, -0.15) is 0 Å². The smallest absolute Gasteiger partial charge is 0.153 e. The van der Waals surface area contributed by atoms with Crippen LogP contribution in [0.3, 0.4) is 0 Å². The van der Waals surface area contributed by atoms with Gasteiger partial charge in [0.05, 0.1) is 52.0 Å². The SMILES string of the molecule is C/C=C\C.C=C/C=C(\C)OC.CC.c1ccc(-c2cc(-n3c4ccccc4c4cc(-c5ccc6c7ccccc7n(-c7cccc(-c8ccc9oc%10cccnc%10c9c8)c7)c6c5)ccc43)cc(-c3ccccc3)n2)cc1. The summed E-state index contributed by atoms with van der Waals surface area (Å²) >= 11 is 0. The molecule has 8 aromatic carbocycles. The van der Waals surface area contributed by atoms with Crippen molar-refractivity contribution in [2.24, 2.45) is 0 Å². The number of methoxy groups -OCH3 is 1. The standard InChI is InChI=1S/C58H36N4O.C6H10O.C4H8.C2H6/c1-3-13-37(14-4-1)50-35-44(36-51(60-50)38-15-5-2-6-16-38)62-53-22-10-8-20-46(53)48-32-40(25-28-54(48)62)42-24-27-47-45-19-7-9-21-52(45)61(55(47)34-42)43-18-11-17-39(31-43)41-26-29-56-49(33-41)58-57(63-56)23-12-30-59-58;1-4-5-6(2)7-3;1-3-4-2;1-2/h1-36H;4-5H,1H2,2-3H3;3-4H,1-2H3;1-2H3/b;6-5+;4-3-;. The van der Waals surface area contributed by atoms with Crippen LogP contribution in [0.25, 0.3) is 122 Å². The Morgan fingerprint density at radius 3 is 1.62 bits per heavy atom. The van der Waals surface area contributed by atoms with E-state index in [0.29, 0.717) is 0 Å². The number of pyridine rings is 2. The van der Waals surface area contributed by atoms with Crippen LogP contribution in [0, 0.1) is 0 Å². The van der Waals surface area contributed by atoms with Crippen molar-refractivity contribution >= 4 is 65.7 Å². The highest BCUT2D eigenvalue weighted by molar-refractivity contribution is 6.13. The van der Waals surface area contributed by atoms with Gasteiger partial charge in [0.1, 0.15) is 11.1 Å². The summed E-state index contributed by atoms with van der Waals surface area (Å²) in [4.78, 5) is 9.82. The van der Waals surface area contributed by atoms with Crippen LogP contribution >= 0.6 is 0 Å². The van der Waals surface area contributed by atoms with Gasteiger partial charge in [0.15, 0.2) is 5.58 Å². The van der Waals surface area contributed by atoms with E-state index in [4.69, 9.17) is 14.1 Å². The van der Waals surface area contributed by atoms with E-state index in [1.165, 1.54) is 27.1 Å². The van der Waals surface area contributed by atoms with E-state index >= 15 is 0 Å². The Balaban J connectivity index is 0.000000457. The molecule has 372 valence electrons. The molecule has 13 rings (SSSR count). The fourth-order valence-corrected chi connectivity index (χ4v) is 9.85. The van der Waals surface area contributed by atoms with Gasteiger partial charge in [-0.1, -0.05) is 172 Å². The number of para-hydroxylation sites is 2. The van der Waals surface area contributed by atoms with Crippen molar-refractivity contribution in [3.05, 3.63) is 255 Å². The van der Waals surface area contributed by atoms with Crippen molar-refractivity contribution in [3.8, 4) is 56.1 Å². The number of aromatic nitrogens is 4. The lowest BCUT2D eigenvalue weighted by atomic mass is 10.0. The molecular weight excluding hydrogens is 929 g/mol. The van der Waals surface area contributed by atoms with Crippen LogP contribution in [0.4, 0.5) is 0 Å². The predicted molar refractivity (Wildman–Crippen MR) is 323 cm³/mol. The van der Waals surface area contributed by atoms with Crippen molar-refractivity contribution in [2.45, 2.75) is 34.6 Å². The zero-order valence-electron chi connectivity index (χ0n) is 43.9. The summed E-state index contributed by atoms with van der Waals surface area (Å²) in [5.41, 5.74) is 17.9. The quantitative estimate of drug-likeness (QED) is 0.0865. The topological polar surface area (TPSA) is 58.0 Å². The van der Waals surface area contributed by atoms with Crippen LogP contribution in [0.15, 0.2) is 260 Å². The molecule has 5 aromatic heterocycles. The van der Waals surface area contributed by atoms with Crippen molar-refractivity contribution in [1.29, 1.82) is 0 Å². The normalized spacial score (nSPS) is 11.4. The highest BCUT2D eigenvalue weighted by Gasteiger charge is 2.19. The molecule has 0 unspecified atom stereocenters. The van der Waals surface area contributed by atoms with Gasteiger partial charge in [-0.3, -0.25) is 4.98 Å². The van der Waals surface area contributed by atoms with Gasteiger partial charge >= 0.3 is 0 Å². The van der Waals surface area contributed by atoms with E-state index in [9.17, 15) is 0 Å². The Morgan fingerprint density at radius 1 is 0.461 bits per heavy atom. The molecule has 6 heteroatoms. The van der Waals surface area contributed by atoms with E-state index < -0.39 is 0 Å². The molecule has 0 saturated carbocycles. The van der Waals surface area contributed by atoms with Gasteiger partial charge in [-0.05, 0) is 128 Å². The average Bonchev–Trinajstić information content (AvgIpc) is 4.17. The lowest BCUT2D eigenvalue weighted by molar-refractivity contribution is 0.294. The largest absolute Gasteiger partial charge is 0.501 e. The minimum absolute atomic E-state index is 0.799. The Hall–Kier alpha value is -9.52. The van der Waals surface area contributed by atoms with Gasteiger partial charge in [0, 0.05) is 49.9 Å². The van der Waals surface area contributed by atoms with E-state index in [-0.39, 0.29) is 0 Å². The maximum atomic E-state index is 6.10. The van der Waals surface area contributed by atoms with E-state index in [0.717, 1.165) is 101 Å². The molecule has 0 spiro atoms. The van der Waals surface area contributed by atoms with Crippen LogP contribution in [-0.4, -0.2) is 26.2 Å². The third-order valence-corrected chi connectivity index (χ3v) is 13.6. The third-order valence-electron chi connectivity index (χ3n) is 13.6. The Morgan fingerprint density at radius 2 is 0.987 bits per heavy atom. The summed E-state index contributed by atoms with van der Waals surface area (Å²) in [6.07, 6.45) is 9.32. The van der Waals surface area contributed by atoms with Crippen LogP contribution in [0.5, 0.6) is 0 Å². The minimum Gasteiger partial charge on any atom is -0.501 e. The molecule has 0 aliphatic carbocycles. The predicted octanol–water partition coefficient (Wildman–Crippen LogP) is 19.6. The zero-order chi connectivity index (χ0) is 52.5. The first-order valence-corrected chi connectivity index (χ1v) is 25.9. The number of nitrogens with zero attached hydrogens (tertiary/aromatic N) is 4. The number of rotatable bonds is 8. The summed E-state index contributed by atoms with van der Waals surface area (Å²) in [7, 11) is 1.63. The van der Waals surface area contributed by atoms with E-state index in [2.05, 4.69) is 221 Å². The first-order valence-electron chi connectivity index (χ1n) is 25.9. The molecule has 0 atom stereocenters. The second-order valence-electron chi connectivity index (χ2n) is 18.1. The van der Waals surface area contributed by atoms with Crippen LogP contribution < -0.4 is 0 Å². The molecule has 0 aliphatic heterocycles. The number of allylic oxidation sites excluding steroid dienone is 5. The molecule has 13 aromatic rings. The average molecular weight is 989 g/mol. The number of hydrogen-bond donors (Lipinski definition) is 0. The molecule has 0 amide bonds. The van der Waals surface area contributed by atoms with Crippen molar-refractivity contribution in [1.82, 2.24) is 19.1 Å². The molecule has 0 saturated heterocycles. The fourth-order valence-electron chi connectivity index (χ4n) is 9.85. The van der Waals surface area contributed by atoms with Gasteiger partial charge in [0.25, 0.3) is 0 Å². The molecule has 6 nitrogen and oxygen atoms in total. The number of ether oxygens (including phenoxy) is 1. The summed E-state index contributed by atoms with van der Waals surface area (Å²) in [5.74, 6) is 0.884. The number of furan rings is 1. The van der Waals surface area contributed by atoms with Crippen LogP contribution in [0.2, 0.25) is 0 Å². The summed E-state index contributed by atoms with van der Waals surface area (Å²) < 4.78 is 15.7. The first kappa shape index (κ1) is 50.0. The second kappa shape index (κ2) is 22.7. The molecule has 0 N–H and O–H groups in total. The molecular formula is C70H60N4O2. The van der Waals surface area contributed by atoms with Crippen LogP contribution in [0.1, 0.15) is 34.6 Å². The van der Waals surface area contributed by atoms with Gasteiger partial charge < -0.3 is 18.3 Å². The summed E-state index contributed by atoms with van der Waals surface area (Å²) in [6.45, 7) is 13.4. The zero-order valence-corrected chi connectivity index (χ0v) is 43.9. The first-order chi connectivity index (χ1) is 37.4. The Kier molecular flexibility index (Phi) is 15.0. The van der Waals surface area contributed by atoms with Crippen molar-refractivity contribution in [2.75, 3.05) is 7.11 Å². The lowest BCUT2D eigenvalue weighted by Crippen LogP contribution is -1.98. The highest BCUT2D eigenvalue weighted by atomic mass is 16.5. The van der Waals surface area contributed by atoms with E-state index in [1.807, 2.05) is 65.1 Å². The van der Waals surface area contributed by atoms with Gasteiger partial charge in [0.2, 0.25) is 0 Å². The molecule has 76 heavy (non-hydrogen) atoms. The molecule has 0 aliphatic rings. The number of benzene rings is 8. The monoisotopic (exact) mass is 988 g/mol. The van der Waals surface area contributed by atoms with E-state index in [1.54, 1.807) is 19.3 Å². The maximum absolute atomic E-state index is 6.10. The summed E-state index contributed by atoms with van der Waals surface area (Å²) in [6, 6.07) is 75.8. The number of hydrogen-bond acceptors (Lipinski definition) is 4. The third kappa shape index (κ3) is 9.84. The molecule has 0 fully saturated rings.